The van der Waals surface area contributed by atoms with Crippen LogP contribution in [0.5, 0.6) is 0 Å². The van der Waals surface area contributed by atoms with Crippen molar-refractivity contribution in [3.63, 3.8) is 0 Å². The summed E-state index contributed by atoms with van der Waals surface area (Å²) in [4.78, 5) is 0. The Morgan fingerprint density at radius 2 is 1.92 bits per heavy atom. The molecule has 0 saturated carbocycles. The third kappa shape index (κ3) is 1.58. The Bertz CT molecular complexity index is 408. The highest BCUT2D eigenvalue weighted by molar-refractivity contribution is 9.10. The predicted molar refractivity (Wildman–Crippen MR) is 54.1 cm³/mol. The van der Waals surface area contributed by atoms with Crippen LogP contribution < -0.4 is 5.73 Å². The quantitative estimate of drug-likeness (QED) is 0.832. The molecule has 1 aromatic heterocycles. The summed E-state index contributed by atoms with van der Waals surface area (Å²) < 4.78 is 5.78. The third-order valence-corrected chi connectivity index (χ3v) is 2.28. The Morgan fingerprint density at radius 1 is 1.23 bits per heavy atom. The molecule has 0 atom stereocenters. The van der Waals surface area contributed by atoms with Crippen molar-refractivity contribution in [3.8, 4) is 11.1 Å². The van der Waals surface area contributed by atoms with Crippen molar-refractivity contribution in [3.05, 3.63) is 35.0 Å². The molecule has 3 nitrogen and oxygen atoms in total. The van der Waals surface area contributed by atoms with E-state index in [4.69, 9.17) is 10.3 Å². The molecule has 0 amide bonds. The van der Waals surface area contributed by atoms with E-state index in [9.17, 15) is 0 Å². The van der Waals surface area contributed by atoms with E-state index in [1.807, 2.05) is 24.3 Å². The van der Waals surface area contributed by atoms with E-state index in [1.165, 1.54) is 0 Å². The molecule has 2 rings (SSSR count). The van der Waals surface area contributed by atoms with E-state index in [2.05, 4.69) is 21.1 Å². The molecule has 0 fully saturated rings. The molecular weight excluding hydrogens is 232 g/mol. The topological polar surface area (TPSA) is 52.0 Å². The zero-order valence-corrected chi connectivity index (χ0v) is 8.28. The van der Waals surface area contributed by atoms with Gasteiger partial charge in [-0.25, -0.2) is 0 Å². The molecular formula is C9H7BrN2O. The molecule has 0 bridgehead atoms. The van der Waals surface area contributed by atoms with Crippen molar-refractivity contribution < 1.29 is 4.52 Å². The van der Waals surface area contributed by atoms with Gasteiger partial charge in [0.2, 0.25) is 0 Å². The van der Waals surface area contributed by atoms with E-state index in [0.717, 1.165) is 15.6 Å². The zero-order valence-electron chi connectivity index (χ0n) is 6.70. The fourth-order valence-electron chi connectivity index (χ4n) is 1.09. The van der Waals surface area contributed by atoms with Gasteiger partial charge in [0, 0.05) is 4.47 Å². The van der Waals surface area contributed by atoms with Crippen LogP contribution in [0.4, 0.5) is 5.82 Å². The van der Waals surface area contributed by atoms with Crippen LogP contribution >= 0.6 is 15.9 Å². The monoisotopic (exact) mass is 238 g/mol. The molecule has 0 aliphatic rings. The number of hydrogen-bond acceptors (Lipinski definition) is 3. The number of rotatable bonds is 1. The average molecular weight is 239 g/mol. The molecule has 2 N–H and O–H groups in total. The van der Waals surface area contributed by atoms with Gasteiger partial charge in [0.05, 0.1) is 5.56 Å². The number of aromatic nitrogens is 1. The normalized spacial score (nSPS) is 10.2. The lowest BCUT2D eigenvalue weighted by Crippen LogP contribution is -1.86. The number of nitrogens with two attached hydrogens (primary N) is 1. The Labute approximate surface area is 83.7 Å². The Kier molecular flexibility index (Phi) is 2.06. The summed E-state index contributed by atoms with van der Waals surface area (Å²) in [5, 5.41) is 3.61. The number of halogens is 1. The third-order valence-electron chi connectivity index (χ3n) is 1.75. The minimum atomic E-state index is 0.419. The zero-order chi connectivity index (χ0) is 9.26. The lowest BCUT2D eigenvalue weighted by atomic mass is 10.1. The lowest BCUT2D eigenvalue weighted by molar-refractivity contribution is 0.423. The van der Waals surface area contributed by atoms with E-state index in [-0.39, 0.29) is 0 Å². The van der Waals surface area contributed by atoms with E-state index in [0.29, 0.717) is 5.82 Å². The first kappa shape index (κ1) is 8.31. The van der Waals surface area contributed by atoms with Crippen LogP contribution in [-0.4, -0.2) is 5.16 Å². The highest BCUT2D eigenvalue weighted by Gasteiger charge is 2.05. The standard InChI is InChI=1S/C9H7BrN2O/c10-7-3-1-6(2-4-7)8-5-13-12-9(8)11/h1-5H,(H2,11,12). The summed E-state index contributed by atoms with van der Waals surface area (Å²) in [6.07, 6.45) is 1.54. The number of anilines is 1. The Hall–Kier alpha value is -1.29. The largest absolute Gasteiger partial charge is 0.380 e. The van der Waals surface area contributed by atoms with Gasteiger partial charge in [-0.3, -0.25) is 0 Å². The predicted octanol–water partition coefficient (Wildman–Crippen LogP) is 2.69. The van der Waals surface area contributed by atoms with Crippen molar-refractivity contribution in [2.75, 3.05) is 5.73 Å². The summed E-state index contributed by atoms with van der Waals surface area (Å²) in [6.45, 7) is 0. The number of nitrogens with zero attached hydrogens (tertiary/aromatic N) is 1. The minimum absolute atomic E-state index is 0.419. The van der Waals surface area contributed by atoms with Crippen LogP contribution in [0.15, 0.2) is 39.5 Å². The second kappa shape index (κ2) is 3.22. The van der Waals surface area contributed by atoms with Crippen LogP contribution in [0.1, 0.15) is 0 Å². The van der Waals surface area contributed by atoms with Gasteiger partial charge in [-0.15, -0.1) is 0 Å². The van der Waals surface area contributed by atoms with E-state index >= 15 is 0 Å². The molecule has 0 aliphatic heterocycles. The maximum Gasteiger partial charge on any atom is 0.174 e. The fourth-order valence-corrected chi connectivity index (χ4v) is 1.36. The lowest BCUT2D eigenvalue weighted by Gasteiger charge is -1.96. The minimum Gasteiger partial charge on any atom is -0.380 e. The summed E-state index contributed by atoms with van der Waals surface area (Å²) >= 11 is 3.36. The molecule has 2 aromatic rings. The number of benzene rings is 1. The highest BCUT2D eigenvalue weighted by Crippen LogP contribution is 2.25. The molecule has 4 heteroatoms. The SMILES string of the molecule is Nc1nocc1-c1ccc(Br)cc1. The Morgan fingerprint density at radius 3 is 2.46 bits per heavy atom. The van der Waals surface area contributed by atoms with E-state index < -0.39 is 0 Å². The second-order valence-electron chi connectivity index (χ2n) is 2.62. The molecule has 0 saturated heterocycles. The van der Waals surface area contributed by atoms with Crippen molar-refractivity contribution in [2.24, 2.45) is 0 Å². The molecule has 0 radical (unpaired) electrons. The van der Waals surface area contributed by atoms with Gasteiger partial charge in [-0.1, -0.05) is 33.2 Å². The van der Waals surface area contributed by atoms with Crippen molar-refractivity contribution in [2.45, 2.75) is 0 Å². The molecule has 66 valence electrons. The molecule has 0 spiro atoms. The molecule has 1 aromatic carbocycles. The summed E-state index contributed by atoms with van der Waals surface area (Å²) in [7, 11) is 0. The van der Waals surface area contributed by atoms with Gasteiger partial charge in [0.25, 0.3) is 0 Å². The molecule has 0 aliphatic carbocycles. The number of hydrogen-bond donors (Lipinski definition) is 1. The van der Waals surface area contributed by atoms with E-state index in [1.54, 1.807) is 6.26 Å². The first-order valence-corrected chi connectivity index (χ1v) is 4.52. The van der Waals surface area contributed by atoms with Crippen LogP contribution in [-0.2, 0) is 0 Å². The second-order valence-corrected chi connectivity index (χ2v) is 3.54. The highest BCUT2D eigenvalue weighted by atomic mass is 79.9. The summed E-state index contributed by atoms with van der Waals surface area (Å²) in [6, 6.07) is 7.80. The van der Waals surface area contributed by atoms with Gasteiger partial charge in [-0.2, -0.15) is 0 Å². The van der Waals surface area contributed by atoms with Crippen LogP contribution in [0.3, 0.4) is 0 Å². The van der Waals surface area contributed by atoms with Crippen molar-refractivity contribution >= 4 is 21.7 Å². The first-order valence-electron chi connectivity index (χ1n) is 3.73. The Balaban J connectivity index is 2.47. The summed E-state index contributed by atoms with van der Waals surface area (Å²) in [5.41, 5.74) is 7.42. The van der Waals surface area contributed by atoms with Gasteiger partial charge < -0.3 is 10.3 Å². The van der Waals surface area contributed by atoms with Gasteiger partial charge in [0.1, 0.15) is 6.26 Å². The van der Waals surface area contributed by atoms with Crippen LogP contribution in [0.2, 0.25) is 0 Å². The van der Waals surface area contributed by atoms with Gasteiger partial charge >= 0.3 is 0 Å². The van der Waals surface area contributed by atoms with Crippen molar-refractivity contribution in [1.82, 2.24) is 5.16 Å². The smallest absolute Gasteiger partial charge is 0.174 e. The van der Waals surface area contributed by atoms with Crippen molar-refractivity contribution in [1.29, 1.82) is 0 Å². The average Bonchev–Trinajstić information content (AvgIpc) is 2.53. The molecule has 1 heterocycles. The first-order chi connectivity index (χ1) is 6.27. The molecule has 13 heavy (non-hydrogen) atoms. The summed E-state index contributed by atoms with van der Waals surface area (Å²) in [5.74, 6) is 0.419. The molecule has 0 unspecified atom stereocenters. The fraction of sp³-hybridized carbons (Fsp3) is 0. The maximum atomic E-state index is 5.59. The maximum absolute atomic E-state index is 5.59. The van der Waals surface area contributed by atoms with Crippen LogP contribution in [0.25, 0.3) is 11.1 Å². The van der Waals surface area contributed by atoms with Crippen LogP contribution in [0, 0.1) is 0 Å². The van der Waals surface area contributed by atoms with Gasteiger partial charge in [0.15, 0.2) is 5.82 Å². The van der Waals surface area contributed by atoms with Gasteiger partial charge in [-0.05, 0) is 17.7 Å². The number of nitrogen functional groups attached to an aromatic ring is 1.